The molecule has 9 heavy (non-hydrogen) atoms. The van der Waals surface area contributed by atoms with Gasteiger partial charge in [0.05, 0.1) is 0 Å². The van der Waals surface area contributed by atoms with Crippen LogP contribution in [0.4, 0.5) is 8.78 Å². The van der Waals surface area contributed by atoms with E-state index >= 15 is 0 Å². The highest BCUT2D eigenvalue weighted by Crippen LogP contribution is 2.10. The normalized spacial score (nSPS) is 10.1. The van der Waals surface area contributed by atoms with Crippen molar-refractivity contribution in [2.45, 2.75) is 6.61 Å². The van der Waals surface area contributed by atoms with Gasteiger partial charge in [-0.05, 0) is 6.07 Å². The number of alkyl halides is 2. The summed E-state index contributed by atoms with van der Waals surface area (Å²) < 4.78 is 26.7. The largest absolute Gasteiger partial charge is 0.433 e. The third-order valence-corrected chi connectivity index (χ3v) is 0.795. The van der Waals surface area contributed by atoms with Crippen LogP contribution in [0, 0.1) is 0 Å². The first-order chi connectivity index (χ1) is 4.29. The van der Waals surface area contributed by atoms with Crippen molar-refractivity contribution in [3.63, 3.8) is 0 Å². The molecule has 0 aliphatic carbocycles. The van der Waals surface area contributed by atoms with Crippen molar-refractivity contribution in [1.29, 1.82) is 0 Å². The second-order valence-corrected chi connectivity index (χ2v) is 1.43. The zero-order chi connectivity index (χ0) is 6.69. The van der Waals surface area contributed by atoms with E-state index in [1.165, 1.54) is 18.5 Å². The van der Waals surface area contributed by atoms with E-state index in [2.05, 4.69) is 9.72 Å². The van der Waals surface area contributed by atoms with Crippen LogP contribution in [0.25, 0.3) is 0 Å². The van der Waals surface area contributed by atoms with E-state index in [4.69, 9.17) is 0 Å². The summed E-state index contributed by atoms with van der Waals surface area (Å²) >= 11 is 0. The molecule has 0 fully saturated rings. The molecule has 0 aliphatic rings. The second kappa shape index (κ2) is 2.48. The van der Waals surface area contributed by atoms with E-state index in [0.29, 0.717) is 0 Å². The highest BCUT2D eigenvalue weighted by atomic mass is 19.3. The van der Waals surface area contributed by atoms with E-state index in [1.807, 2.05) is 0 Å². The first kappa shape index (κ1) is 6.07. The Balaban J connectivity index is 2.48. The molecule has 0 radical (unpaired) electrons. The smallest absolute Gasteiger partial charge is 0.387 e. The predicted molar refractivity (Wildman–Crippen MR) is 27.4 cm³/mol. The predicted octanol–water partition coefficient (Wildman–Crippen LogP) is 1.62. The average Bonchev–Trinajstić information content (AvgIpc) is 2.15. The molecule has 50 valence electrons. The lowest BCUT2D eigenvalue weighted by Gasteiger charge is -1.97. The van der Waals surface area contributed by atoms with Crippen molar-refractivity contribution >= 4 is 0 Å². The van der Waals surface area contributed by atoms with Gasteiger partial charge in [0.25, 0.3) is 0 Å². The highest BCUT2D eigenvalue weighted by molar-refractivity contribution is 5.15. The minimum absolute atomic E-state index is 0.157. The number of halogens is 2. The molecule has 1 N–H and O–H groups in total. The molecule has 0 saturated carbocycles. The van der Waals surface area contributed by atoms with Crippen molar-refractivity contribution < 1.29 is 13.5 Å². The molecule has 0 atom stereocenters. The first-order valence-electron chi connectivity index (χ1n) is 2.36. The second-order valence-electron chi connectivity index (χ2n) is 1.43. The molecule has 0 aliphatic heterocycles. The van der Waals surface area contributed by atoms with Crippen LogP contribution in [-0.4, -0.2) is 11.6 Å². The molecule has 0 bridgehead atoms. The topological polar surface area (TPSA) is 25.0 Å². The van der Waals surface area contributed by atoms with Crippen molar-refractivity contribution in [3.05, 3.63) is 18.5 Å². The van der Waals surface area contributed by atoms with Crippen LogP contribution in [0.1, 0.15) is 0 Å². The molecule has 1 heterocycles. The minimum Gasteiger partial charge on any atom is -0.433 e. The maximum Gasteiger partial charge on any atom is 0.387 e. The van der Waals surface area contributed by atoms with Gasteiger partial charge in [0.15, 0.2) is 0 Å². The zero-order valence-corrected chi connectivity index (χ0v) is 4.47. The number of ether oxygens (including phenoxy) is 1. The van der Waals surface area contributed by atoms with E-state index in [9.17, 15) is 8.78 Å². The third kappa shape index (κ3) is 1.71. The summed E-state index contributed by atoms with van der Waals surface area (Å²) in [5.41, 5.74) is 0. The summed E-state index contributed by atoms with van der Waals surface area (Å²) in [6.45, 7) is -2.74. The van der Waals surface area contributed by atoms with Crippen LogP contribution in [0.5, 0.6) is 5.75 Å². The van der Waals surface area contributed by atoms with E-state index in [0.717, 1.165) is 0 Å². The minimum atomic E-state index is -2.74. The number of nitrogens with one attached hydrogen (secondary N) is 1. The molecule has 1 rings (SSSR count). The summed E-state index contributed by atoms with van der Waals surface area (Å²) in [4.78, 5) is 2.58. The van der Waals surface area contributed by atoms with E-state index < -0.39 is 6.61 Å². The van der Waals surface area contributed by atoms with Crippen LogP contribution >= 0.6 is 0 Å². The molecule has 0 aromatic carbocycles. The average molecular weight is 133 g/mol. The quantitative estimate of drug-likeness (QED) is 0.651. The SMILES string of the molecule is FC(F)Oc1cc[nH]c1. The number of rotatable bonds is 2. The molecular formula is C5H5F2NO. The molecule has 0 spiro atoms. The van der Waals surface area contributed by atoms with Crippen LogP contribution in [0.3, 0.4) is 0 Å². The zero-order valence-electron chi connectivity index (χ0n) is 4.47. The lowest BCUT2D eigenvalue weighted by molar-refractivity contribution is -0.0497. The Morgan fingerprint density at radius 2 is 2.33 bits per heavy atom. The van der Waals surface area contributed by atoms with Gasteiger partial charge in [-0.1, -0.05) is 0 Å². The van der Waals surface area contributed by atoms with Crippen molar-refractivity contribution in [1.82, 2.24) is 4.98 Å². The van der Waals surface area contributed by atoms with Crippen molar-refractivity contribution in [3.8, 4) is 5.75 Å². The van der Waals surface area contributed by atoms with Crippen molar-refractivity contribution in [2.24, 2.45) is 0 Å². The van der Waals surface area contributed by atoms with Gasteiger partial charge in [-0.3, -0.25) is 0 Å². The summed E-state index contributed by atoms with van der Waals surface area (Å²) in [7, 11) is 0. The monoisotopic (exact) mass is 133 g/mol. The van der Waals surface area contributed by atoms with Gasteiger partial charge in [-0.2, -0.15) is 8.78 Å². The number of hydrogen-bond donors (Lipinski definition) is 1. The molecule has 0 amide bonds. The van der Waals surface area contributed by atoms with Gasteiger partial charge in [0.1, 0.15) is 5.75 Å². The number of H-pyrrole nitrogens is 1. The lowest BCUT2D eigenvalue weighted by atomic mass is 10.6. The Kier molecular flexibility index (Phi) is 1.67. The first-order valence-corrected chi connectivity index (χ1v) is 2.36. The van der Waals surface area contributed by atoms with Gasteiger partial charge >= 0.3 is 6.61 Å². The van der Waals surface area contributed by atoms with Crippen molar-refractivity contribution in [2.75, 3.05) is 0 Å². The number of hydrogen-bond acceptors (Lipinski definition) is 1. The van der Waals surface area contributed by atoms with Gasteiger partial charge in [0.2, 0.25) is 0 Å². The Morgan fingerprint density at radius 1 is 1.56 bits per heavy atom. The molecule has 1 aromatic heterocycles. The third-order valence-electron chi connectivity index (χ3n) is 0.795. The Labute approximate surface area is 50.5 Å². The number of aromatic nitrogens is 1. The number of aromatic amines is 1. The summed E-state index contributed by atoms with van der Waals surface area (Å²) in [5.74, 6) is 0.157. The van der Waals surface area contributed by atoms with Gasteiger partial charge in [0, 0.05) is 12.4 Å². The van der Waals surface area contributed by atoms with Gasteiger partial charge < -0.3 is 9.72 Å². The molecular weight excluding hydrogens is 128 g/mol. The molecule has 0 unspecified atom stereocenters. The molecule has 0 saturated heterocycles. The van der Waals surface area contributed by atoms with Crippen LogP contribution in [0.15, 0.2) is 18.5 Å². The summed E-state index contributed by atoms with van der Waals surface area (Å²) in [6.07, 6.45) is 2.86. The fourth-order valence-corrected chi connectivity index (χ4v) is 0.485. The van der Waals surface area contributed by atoms with E-state index in [1.54, 1.807) is 0 Å². The molecule has 4 heteroatoms. The molecule has 1 aromatic rings. The Hall–Kier alpha value is -1.06. The van der Waals surface area contributed by atoms with Gasteiger partial charge in [-0.15, -0.1) is 0 Å². The maximum absolute atomic E-state index is 11.4. The van der Waals surface area contributed by atoms with Crippen LogP contribution < -0.4 is 4.74 Å². The highest BCUT2D eigenvalue weighted by Gasteiger charge is 2.01. The standard InChI is InChI=1S/C5H5F2NO/c6-5(7)9-4-1-2-8-3-4/h1-3,5,8H. The van der Waals surface area contributed by atoms with Crippen LogP contribution in [-0.2, 0) is 0 Å². The summed E-state index contributed by atoms with van der Waals surface area (Å²) in [6, 6.07) is 1.42. The Bertz CT molecular complexity index is 161. The van der Waals surface area contributed by atoms with Gasteiger partial charge in [-0.25, -0.2) is 0 Å². The lowest BCUT2D eigenvalue weighted by Crippen LogP contribution is -2.00. The van der Waals surface area contributed by atoms with E-state index in [-0.39, 0.29) is 5.75 Å². The fourth-order valence-electron chi connectivity index (χ4n) is 0.485. The summed E-state index contributed by atoms with van der Waals surface area (Å²) in [5, 5.41) is 0. The molecule has 2 nitrogen and oxygen atoms in total. The maximum atomic E-state index is 11.4. The Morgan fingerprint density at radius 3 is 2.78 bits per heavy atom. The van der Waals surface area contributed by atoms with Crippen LogP contribution in [0.2, 0.25) is 0 Å². The fraction of sp³-hybridized carbons (Fsp3) is 0.200.